The predicted octanol–water partition coefficient (Wildman–Crippen LogP) is 4.51. The minimum Gasteiger partial charge on any atom is -0.472 e. The smallest absolute Gasteiger partial charge is 0.417 e. The molecule has 0 bridgehead atoms. The van der Waals surface area contributed by atoms with Crippen molar-refractivity contribution in [2.75, 3.05) is 44.2 Å². The second kappa shape index (κ2) is 11.4. The number of nitrogens with zero attached hydrogens (tertiary/aromatic N) is 5. The monoisotopic (exact) mass is 561 g/mol. The van der Waals surface area contributed by atoms with E-state index in [1.807, 2.05) is 4.90 Å². The Bertz CT molecular complexity index is 1260. The fraction of sp³-hybridized carbons (Fsp3) is 0.481. The van der Waals surface area contributed by atoms with Crippen molar-refractivity contribution in [3.8, 4) is 6.07 Å². The van der Waals surface area contributed by atoms with Crippen molar-refractivity contribution in [1.82, 2.24) is 14.7 Å². The van der Waals surface area contributed by atoms with Crippen LogP contribution in [0.15, 0.2) is 41.2 Å². The minimum absolute atomic E-state index is 0.00251. The number of rotatable bonds is 8. The van der Waals surface area contributed by atoms with E-state index in [1.54, 1.807) is 30.9 Å². The Morgan fingerprint density at radius 2 is 1.79 bits per heavy atom. The molecule has 0 saturated carbocycles. The average Bonchev–Trinajstić information content (AvgIpc) is 3.49. The lowest BCUT2D eigenvalue weighted by atomic mass is 10.0. The zero-order chi connectivity index (χ0) is 28.4. The summed E-state index contributed by atoms with van der Waals surface area (Å²) in [7, 11) is 0. The van der Waals surface area contributed by atoms with Gasteiger partial charge in [-0.25, -0.2) is 0 Å². The fourth-order valence-corrected chi connectivity index (χ4v) is 5.48. The maximum absolute atomic E-state index is 13.5. The Morgan fingerprint density at radius 3 is 2.41 bits per heavy atom. The van der Waals surface area contributed by atoms with Crippen molar-refractivity contribution >= 4 is 34.8 Å². The number of unbranched alkanes of at least 4 members (excludes halogenated alkanes) is 2. The number of halogens is 3. The Hall–Kier alpha value is -3.43. The Labute approximate surface area is 230 Å². The quantitative estimate of drug-likeness (QED) is 0.346. The molecule has 2 aliphatic rings. The number of hydrogen-bond donors (Lipinski definition) is 0. The van der Waals surface area contributed by atoms with E-state index in [2.05, 4.69) is 4.90 Å². The largest absolute Gasteiger partial charge is 0.472 e. The molecule has 2 amide bonds. The lowest BCUT2D eigenvalue weighted by Crippen LogP contribution is -2.48. The molecular weight excluding hydrogens is 531 g/mol. The first-order valence-corrected chi connectivity index (χ1v) is 13.2. The highest BCUT2D eigenvalue weighted by Gasteiger charge is 2.49. The van der Waals surface area contributed by atoms with Crippen LogP contribution >= 0.6 is 12.2 Å². The third kappa shape index (κ3) is 5.94. The van der Waals surface area contributed by atoms with Crippen molar-refractivity contribution in [3.63, 3.8) is 0 Å². The van der Waals surface area contributed by atoms with Crippen LogP contribution in [0.5, 0.6) is 0 Å². The number of carbonyl (C=O) groups excluding carboxylic acids is 2. The molecule has 0 unspecified atom stereocenters. The molecule has 0 aliphatic carbocycles. The molecule has 2 aliphatic heterocycles. The van der Waals surface area contributed by atoms with Gasteiger partial charge in [0.15, 0.2) is 5.11 Å². The number of anilines is 1. The number of nitriles is 1. The minimum atomic E-state index is -4.73. The summed E-state index contributed by atoms with van der Waals surface area (Å²) in [5, 5.41) is 9.23. The van der Waals surface area contributed by atoms with Crippen molar-refractivity contribution in [2.45, 2.75) is 44.8 Å². The molecule has 1 aromatic carbocycles. The molecule has 1 aromatic heterocycles. The highest BCUT2D eigenvalue weighted by Crippen LogP contribution is 2.38. The average molecular weight is 562 g/mol. The second-order valence-corrected chi connectivity index (χ2v) is 10.5. The summed E-state index contributed by atoms with van der Waals surface area (Å²) in [5.41, 5.74) is -2.06. The lowest BCUT2D eigenvalue weighted by molar-refractivity contribution is -0.137. The molecule has 0 spiro atoms. The lowest BCUT2D eigenvalue weighted by Gasteiger charge is -2.34. The van der Waals surface area contributed by atoms with Gasteiger partial charge in [-0.2, -0.15) is 18.4 Å². The molecule has 0 N–H and O–H groups in total. The molecule has 12 heteroatoms. The first-order valence-electron chi connectivity index (χ1n) is 12.8. The van der Waals surface area contributed by atoms with E-state index in [-0.39, 0.29) is 16.7 Å². The van der Waals surface area contributed by atoms with Gasteiger partial charge in [-0.3, -0.25) is 19.4 Å². The van der Waals surface area contributed by atoms with Gasteiger partial charge in [0.1, 0.15) is 11.8 Å². The highest BCUT2D eigenvalue weighted by atomic mass is 32.1. The van der Waals surface area contributed by atoms with Gasteiger partial charge in [-0.05, 0) is 69.7 Å². The van der Waals surface area contributed by atoms with Crippen LogP contribution in [0.25, 0.3) is 0 Å². The van der Waals surface area contributed by atoms with Gasteiger partial charge in [-0.15, -0.1) is 0 Å². The number of hydrogen-bond acceptors (Lipinski definition) is 6. The zero-order valence-electron chi connectivity index (χ0n) is 21.8. The number of thiocarbonyl (C=S) groups is 1. The summed E-state index contributed by atoms with van der Waals surface area (Å²) in [6.07, 6.45) is 0.779. The van der Waals surface area contributed by atoms with E-state index in [4.69, 9.17) is 21.9 Å². The maximum atomic E-state index is 13.5. The first-order chi connectivity index (χ1) is 18.4. The number of furan rings is 1. The fourth-order valence-electron chi connectivity index (χ4n) is 4.97. The third-order valence-electron chi connectivity index (χ3n) is 7.29. The molecule has 2 fully saturated rings. The Morgan fingerprint density at radius 1 is 1.10 bits per heavy atom. The van der Waals surface area contributed by atoms with Gasteiger partial charge in [0.05, 0.1) is 34.7 Å². The normalized spacial score (nSPS) is 18.1. The molecule has 39 heavy (non-hydrogen) atoms. The Balaban J connectivity index is 1.28. The number of benzene rings is 1. The first kappa shape index (κ1) is 28.6. The number of alkyl halides is 3. The molecule has 4 rings (SSSR count). The summed E-state index contributed by atoms with van der Waals surface area (Å²) in [6, 6.07) is 6.41. The third-order valence-corrected chi connectivity index (χ3v) is 7.70. The molecule has 3 heterocycles. The van der Waals surface area contributed by atoms with E-state index in [1.165, 1.54) is 18.6 Å². The van der Waals surface area contributed by atoms with Gasteiger partial charge in [0.25, 0.3) is 11.8 Å². The van der Waals surface area contributed by atoms with Gasteiger partial charge in [0.2, 0.25) is 0 Å². The van der Waals surface area contributed by atoms with Gasteiger partial charge >= 0.3 is 6.18 Å². The number of carbonyl (C=O) groups is 2. The maximum Gasteiger partial charge on any atom is 0.417 e. The van der Waals surface area contributed by atoms with Crippen LogP contribution in [0, 0.1) is 11.3 Å². The van der Waals surface area contributed by atoms with Crippen molar-refractivity contribution in [1.29, 1.82) is 5.26 Å². The summed E-state index contributed by atoms with van der Waals surface area (Å²) < 4.78 is 45.5. The van der Waals surface area contributed by atoms with Crippen LogP contribution in [0.4, 0.5) is 18.9 Å². The molecule has 2 saturated heterocycles. The molecular formula is C27H30F3N5O3S. The van der Waals surface area contributed by atoms with Gasteiger partial charge in [-0.1, -0.05) is 6.42 Å². The SMILES string of the molecule is CC1(C)C(=O)N(c2ccc(C#N)c(C(F)(F)F)c2)C(=S)N1CCCCCN1CCN(C(=O)c2ccoc2)CC1. The van der Waals surface area contributed by atoms with E-state index in [0.717, 1.165) is 55.9 Å². The number of piperazine rings is 1. The summed E-state index contributed by atoms with van der Waals surface area (Å²) in [5.74, 6) is -0.431. The van der Waals surface area contributed by atoms with E-state index < -0.39 is 28.7 Å². The van der Waals surface area contributed by atoms with E-state index in [9.17, 15) is 22.8 Å². The molecule has 0 atom stereocenters. The van der Waals surface area contributed by atoms with Crippen molar-refractivity contribution in [3.05, 3.63) is 53.5 Å². The van der Waals surface area contributed by atoms with Crippen LogP contribution < -0.4 is 4.90 Å². The molecule has 0 radical (unpaired) electrons. The molecule has 2 aromatic rings. The van der Waals surface area contributed by atoms with Crippen LogP contribution in [0.3, 0.4) is 0 Å². The van der Waals surface area contributed by atoms with Crippen molar-refractivity contribution < 1.29 is 27.2 Å². The standard InChI is InChI=1S/C27H30F3N5O3S/c1-26(2)24(37)35(21-7-6-19(17-31)22(16-21)27(28,29)30)25(39)34(26)10-5-3-4-9-32-11-13-33(14-12-32)23(36)20-8-15-38-18-20/h6-8,15-16,18H,3-5,9-14H2,1-2H3. The van der Waals surface area contributed by atoms with Crippen LogP contribution in [-0.2, 0) is 11.0 Å². The van der Waals surface area contributed by atoms with Crippen LogP contribution in [0.1, 0.15) is 54.6 Å². The predicted molar refractivity (Wildman–Crippen MR) is 142 cm³/mol. The summed E-state index contributed by atoms with van der Waals surface area (Å²) >= 11 is 5.55. The van der Waals surface area contributed by atoms with Crippen LogP contribution in [0.2, 0.25) is 0 Å². The summed E-state index contributed by atoms with van der Waals surface area (Å²) in [6.45, 7) is 7.69. The molecule has 8 nitrogen and oxygen atoms in total. The topological polar surface area (TPSA) is 84.0 Å². The molecule has 208 valence electrons. The highest BCUT2D eigenvalue weighted by molar-refractivity contribution is 7.80. The zero-order valence-corrected chi connectivity index (χ0v) is 22.6. The van der Waals surface area contributed by atoms with E-state index in [0.29, 0.717) is 25.2 Å². The summed E-state index contributed by atoms with van der Waals surface area (Å²) in [4.78, 5) is 32.7. The van der Waals surface area contributed by atoms with Gasteiger partial charge < -0.3 is 14.2 Å². The second-order valence-electron chi connectivity index (χ2n) is 10.2. The Kier molecular flexibility index (Phi) is 8.32. The van der Waals surface area contributed by atoms with Gasteiger partial charge in [0, 0.05) is 32.7 Å². The van der Waals surface area contributed by atoms with Crippen molar-refractivity contribution in [2.24, 2.45) is 0 Å². The van der Waals surface area contributed by atoms with E-state index >= 15 is 0 Å². The van der Waals surface area contributed by atoms with Crippen LogP contribution in [-0.4, -0.2) is 76.4 Å². The number of amides is 2.